The van der Waals surface area contributed by atoms with Crippen molar-refractivity contribution in [3.63, 3.8) is 0 Å². The van der Waals surface area contributed by atoms with Crippen LogP contribution >= 0.6 is 0 Å². The van der Waals surface area contributed by atoms with E-state index in [1.165, 1.54) is 6.42 Å². The highest BCUT2D eigenvalue weighted by molar-refractivity contribution is 5.13. The van der Waals surface area contributed by atoms with Gasteiger partial charge in [0.2, 0.25) is 0 Å². The summed E-state index contributed by atoms with van der Waals surface area (Å²) in [4.78, 5) is 0. The molecule has 1 unspecified atom stereocenters. The summed E-state index contributed by atoms with van der Waals surface area (Å²) in [5.74, 6) is 0.739. The molecule has 3 N–H and O–H groups in total. The van der Waals surface area contributed by atoms with E-state index in [9.17, 15) is 0 Å². The van der Waals surface area contributed by atoms with Gasteiger partial charge in [0.05, 0.1) is 6.54 Å². The highest BCUT2D eigenvalue weighted by atomic mass is 14.9. The monoisotopic (exact) mass is 194 g/mol. The summed E-state index contributed by atoms with van der Waals surface area (Å²) in [6, 6.07) is 0. The third-order valence-corrected chi connectivity index (χ3v) is 2.10. The second-order valence-corrected chi connectivity index (χ2v) is 3.69. The zero-order chi connectivity index (χ0) is 11.0. The molecule has 0 aromatic rings. The maximum Gasteiger partial charge on any atom is 0.0539 e. The molecule has 0 saturated carbocycles. The van der Waals surface area contributed by atoms with Crippen LogP contribution in [0.2, 0.25) is 0 Å². The molecule has 2 nitrogen and oxygen atoms in total. The summed E-state index contributed by atoms with van der Waals surface area (Å²) in [6.45, 7) is 12.5. The Kier molecular flexibility index (Phi) is 6.63. The molecule has 0 aliphatic rings. The Morgan fingerprint density at radius 2 is 2.14 bits per heavy atom. The number of hydrogen-bond donors (Lipinski definition) is 2. The Balaban J connectivity index is 3.66. The lowest BCUT2D eigenvalue weighted by Gasteiger charge is -2.06. The molecule has 0 radical (unpaired) electrons. The van der Waals surface area contributed by atoms with Crippen LogP contribution in [0.5, 0.6) is 0 Å². The number of hydrogen-bond acceptors (Lipinski definition) is 2. The summed E-state index contributed by atoms with van der Waals surface area (Å²) in [7, 11) is 0. The standard InChI is InChI=1S/C12H22N2/c1-5-10(2)7-6-8-12(4)14-9-11(3)13/h6,8,10,14H,3-5,7,9,13H2,1-2H3/b8-6+. The predicted molar refractivity (Wildman–Crippen MR) is 63.7 cm³/mol. The Hall–Kier alpha value is -1.18. The van der Waals surface area contributed by atoms with Crippen LogP contribution < -0.4 is 11.1 Å². The molecule has 1 atom stereocenters. The quantitative estimate of drug-likeness (QED) is 0.611. The zero-order valence-corrected chi connectivity index (χ0v) is 9.34. The first-order chi connectivity index (χ1) is 6.56. The van der Waals surface area contributed by atoms with E-state index < -0.39 is 0 Å². The number of nitrogens with one attached hydrogen (secondary N) is 1. The fourth-order valence-corrected chi connectivity index (χ4v) is 0.895. The van der Waals surface area contributed by atoms with Crippen molar-refractivity contribution < 1.29 is 0 Å². The molecular formula is C12H22N2. The van der Waals surface area contributed by atoms with Gasteiger partial charge in [-0.1, -0.05) is 39.5 Å². The van der Waals surface area contributed by atoms with E-state index in [1.54, 1.807) is 0 Å². The van der Waals surface area contributed by atoms with Crippen molar-refractivity contribution in [2.45, 2.75) is 26.7 Å². The second kappa shape index (κ2) is 7.25. The lowest BCUT2D eigenvalue weighted by molar-refractivity contribution is 0.571. The summed E-state index contributed by atoms with van der Waals surface area (Å²) in [5, 5.41) is 3.07. The van der Waals surface area contributed by atoms with E-state index in [0.29, 0.717) is 12.2 Å². The zero-order valence-electron chi connectivity index (χ0n) is 9.34. The van der Waals surface area contributed by atoms with Crippen molar-refractivity contribution >= 4 is 0 Å². The number of allylic oxidation sites excluding steroid dienone is 2. The van der Waals surface area contributed by atoms with Crippen LogP contribution in [0.25, 0.3) is 0 Å². The molecule has 0 spiro atoms. The highest BCUT2D eigenvalue weighted by Crippen LogP contribution is 2.07. The molecule has 0 aromatic carbocycles. The fraction of sp³-hybridized carbons (Fsp3) is 0.500. The Bertz CT molecular complexity index is 216. The van der Waals surface area contributed by atoms with E-state index in [-0.39, 0.29) is 0 Å². The topological polar surface area (TPSA) is 38.0 Å². The van der Waals surface area contributed by atoms with Gasteiger partial charge in [-0.2, -0.15) is 0 Å². The highest BCUT2D eigenvalue weighted by Gasteiger charge is 1.94. The van der Waals surface area contributed by atoms with E-state index in [0.717, 1.165) is 18.0 Å². The largest absolute Gasteiger partial charge is 0.401 e. The lowest BCUT2D eigenvalue weighted by Crippen LogP contribution is -2.18. The molecule has 0 heterocycles. The minimum Gasteiger partial charge on any atom is -0.401 e. The average molecular weight is 194 g/mol. The predicted octanol–water partition coefficient (Wildman–Crippen LogP) is 2.55. The summed E-state index contributed by atoms with van der Waals surface area (Å²) in [6.07, 6.45) is 6.45. The summed E-state index contributed by atoms with van der Waals surface area (Å²) < 4.78 is 0. The van der Waals surface area contributed by atoms with Gasteiger partial charge in [-0.15, -0.1) is 0 Å². The molecule has 0 fully saturated rings. The molecule has 0 saturated heterocycles. The van der Waals surface area contributed by atoms with Crippen molar-refractivity contribution in [2.24, 2.45) is 11.7 Å². The molecule has 80 valence electrons. The van der Waals surface area contributed by atoms with E-state index in [1.807, 2.05) is 6.08 Å². The fourth-order valence-electron chi connectivity index (χ4n) is 0.895. The van der Waals surface area contributed by atoms with E-state index >= 15 is 0 Å². The van der Waals surface area contributed by atoms with Gasteiger partial charge in [0, 0.05) is 11.4 Å². The molecule has 2 heteroatoms. The van der Waals surface area contributed by atoms with Gasteiger partial charge in [-0.25, -0.2) is 0 Å². The van der Waals surface area contributed by atoms with Crippen LogP contribution in [0.1, 0.15) is 26.7 Å². The molecule has 0 rings (SSSR count). The lowest BCUT2D eigenvalue weighted by atomic mass is 10.1. The second-order valence-electron chi connectivity index (χ2n) is 3.69. The average Bonchev–Trinajstić information content (AvgIpc) is 2.14. The van der Waals surface area contributed by atoms with Crippen molar-refractivity contribution in [1.82, 2.24) is 5.32 Å². The first-order valence-electron chi connectivity index (χ1n) is 5.08. The van der Waals surface area contributed by atoms with Crippen LogP contribution in [0, 0.1) is 5.92 Å². The molecule has 0 bridgehead atoms. The van der Waals surface area contributed by atoms with E-state index in [4.69, 9.17) is 5.73 Å². The SMILES string of the molecule is C=C(N)CNC(=C)/C=C/CC(C)CC. The maximum absolute atomic E-state index is 5.42. The molecule has 0 aliphatic carbocycles. The minimum absolute atomic E-state index is 0.590. The van der Waals surface area contributed by atoms with Gasteiger partial charge >= 0.3 is 0 Å². The van der Waals surface area contributed by atoms with Crippen LogP contribution in [-0.2, 0) is 0 Å². The summed E-state index contributed by atoms with van der Waals surface area (Å²) in [5.41, 5.74) is 6.93. The molecule has 0 aliphatic heterocycles. The normalized spacial score (nSPS) is 12.7. The van der Waals surface area contributed by atoms with Crippen molar-refractivity contribution in [3.05, 3.63) is 36.7 Å². The van der Waals surface area contributed by atoms with Crippen LogP contribution in [0.15, 0.2) is 36.7 Å². The molecule has 14 heavy (non-hydrogen) atoms. The van der Waals surface area contributed by atoms with Gasteiger partial charge in [0.25, 0.3) is 0 Å². The Morgan fingerprint density at radius 3 is 2.64 bits per heavy atom. The minimum atomic E-state index is 0.590. The molecule has 0 aromatic heterocycles. The van der Waals surface area contributed by atoms with Gasteiger partial charge in [-0.05, 0) is 18.4 Å². The third kappa shape index (κ3) is 7.47. The first kappa shape index (κ1) is 12.8. The molecular weight excluding hydrogens is 172 g/mol. The van der Waals surface area contributed by atoms with E-state index in [2.05, 4.69) is 38.4 Å². The smallest absolute Gasteiger partial charge is 0.0539 e. The number of nitrogens with two attached hydrogens (primary N) is 1. The van der Waals surface area contributed by atoms with Gasteiger partial charge in [0.15, 0.2) is 0 Å². The van der Waals surface area contributed by atoms with Gasteiger partial charge in [0.1, 0.15) is 0 Å². The van der Waals surface area contributed by atoms with Crippen molar-refractivity contribution in [1.29, 1.82) is 0 Å². The van der Waals surface area contributed by atoms with Crippen LogP contribution in [-0.4, -0.2) is 6.54 Å². The van der Waals surface area contributed by atoms with Crippen molar-refractivity contribution in [2.75, 3.05) is 6.54 Å². The Morgan fingerprint density at radius 1 is 1.50 bits per heavy atom. The maximum atomic E-state index is 5.42. The third-order valence-electron chi connectivity index (χ3n) is 2.10. The first-order valence-corrected chi connectivity index (χ1v) is 5.08. The number of rotatable bonds is 7. The van der Waals surface area contributed by atoms with Gasteiger partial charge < -0.3 is 11.1 Å². The van der Waals surface area contributed by atoms with Crippen molar-refractivity contribution in [3.8, 4) is 0 Å². The van der Waals surface area contributed by atoms with Crippen LogP contribution in [0.4, 0.5) is 0 Å². The van der Waals surface area contributed by atoms with Gasteiger partial charge in [-0.3, -0.25) is 0 Å². The van der Waals surface area contributed by atoms with Crippen LogP contribution in [0.3, 0.4) is 0 Å². The summed E-state index contributed by atoms with van der Waals surface area (Å²) >= 11 is 0. The Labute approximate surface area is 87.6 Å². The molecule has 0 amide bonds.